The van der Waals surface area contributed by atoms with Crippen LogP contribution in [0.4, 0.5) is 17.6 Å². The number of benzene rings is 8. The van der Waals surface area contributed by atoms with E-state index in [1.807, 2.05) is 135 Å². The van der Waals surface area contributed by atoms with Gasteiger partial charge in [-0.1, -0.05) is 170 Å². The van der Waals surface area contributed by atoms with E-state index >= 15 is 0 Å². The fraction of sp³-hybridized carbons (Fsp3) is 0.303. The van der Waals surface area contributed by atoms with Crippen LogP contribution in [0.2, 0.25) is 0 Å². The maximum Gasteiger partial charge on any atom is 2.00 e. The van der Waals surface area contributed by atoms with E-state index in [1.165, 1.54) is 55.6 Å². The van der Waals surface area contributed by atoms with Gasteiger partial charge < -0.3 is 84.7 Å². The van der Waals surface area contributed by atoms with Crippen LogP contribution in [0.1, 0.15) is 191 Å². The number of hydrogen-bond acceptors (Lipinski definition) is 21. The van der Waals surface area contributed by atoms with E-state index in [2.05, 4.69) is 17.9 Å². The van der Waals surface area contributed by atoms with E-state index in [1.54, 1.807) is 79.1 Å². The number of halogens is 4. The molecule has 4 aliphatic carbocycles. The van der Waals surface area contributed by atoms with Crippen LogP contribution in [0, 0.1) is 23.3 Å². The third-order valence-corrected chi connectivity index (χ3v) is 23.7. The second-order valence-corrected chi connectivity index (χ2v) is 35.0. The van der Waals surface area contributed by atoms with Crippen molar-refractivity contribution < 1.29 is 107 Å². The smallest absolute Gasteiger partial charge is 0.550 e. The van der Waals surface area contributed by atoms with Crippen molar-refractivity contribution in [2.24, 2.45) is 0 Å². The number of quaternary nitrogens is 1. The van der Waals surface area contributed by atoms with Crippen molar-refractivity contribution in [2.45, 2.75) is 201 Å². The summed E-state index contributed by atoms with van der Waals surface area (Å²) in [5.41, 5.74) is 21.8. The molecule has 1 saturated heterocycles. The van der Waals surface area contributed by atoms with Crippen molar-refractivity contribution in [3.8, 4) is 44.5 Å². The summed E-state index contributed by atoms with van der Waals surface area (Å²) in [6.07, 6.45) is 15.7. The van der Waals surface area contributed by atoms with Gasteiger partial charge in [-0.3, -0.25) is 24.7 Å². The number of aliphatic hydroxyl groups is 6. The number of methoxy groups -OCH3 is 1. The number of carbonyl (C=O) groups excluding carboxylic acids is 4. The molecule has 8 atom stereocenters. The Kier molecular flexibility index (Phi) is 35.3. The number of furan rings is 1. The van der Waals surface area contributed by atoms with Crippen molar-refractivity contribution in [2.75, 3.05) is 7.11 Å². The maximum atomic E-state index is 13.8. The van der Waals surface area contributed by atoms with Crippen LogP contribution in [0.3, 0.4) is 0 Å². The standard InChI is InChI=1S/C29H30FNO4.3C25H24FNO4.C5H7NO.Ca/c1-29(2)34-21(16-22(35-29)17-26(32)33-3)14-15-24-27(18-10-12-20(30)13-11-18)23-6-4-5-7-25(23)31-28(24)19-8-9-19;3*26-17-9-7-15(8-10-17)24-20-3-1-2-4-22(20)27-25(16-5-6-16)21(24)12-11-18(28)13-19(29)14-23(30)31;6-4-5-2-1-3-7-5;/h4-7,10-15,19,21-22H,8-9,16-17H2,1-3H3;3*1-4,7-12,16,18-19,28-29H,5-6,13-14H2,(H,30,31);1-3H,4,6H2;/q;;;;;+2/p-2/b15-14+;3*12-11+;;/t21-,22-;3*18-,19-;;/m1111../s1. The zero-order chi connectivity index (χ0) is 95.6. The van der Waals surface area contributed by atoms with Crippen LogP contribution in [-0.2, 0) is 39.9 Å². The molecule has 22 nitrogen and oxygen atoms in total. The molecule has 4 saturated carbocycles. The molecule has 5 aromatic heterocycles. The Morgan fingerprint density at radius 3 is 0.963 bits per heavy atom. The molecule has 9 N–H and O–H groups in total. The third kappa shape index (κ3) is 28.0. The second-order valence-electron chi connectivity index (χ2n) is 35.0. The van der Waals surface area contributed by atoms with Gasteiger partial charge in [-0.2, -0.15) is 0 Å². The van der Waals surface area contributed by atoms with Gasteiger partial charge in [-0.25, -0.2) is 17.6 Å². The Labute approximate surface area is 814 Å². The molecule has 700 valence electrons. The predicted octanol–water partition coefficient (Wildman–Crippen LogP) is 15.6. The molecule has 18 rings (SSSR count). The van der Waals surface area contributed by atoms with Crippen LogP contribution < -0.4 is 21.1 Å². The van der Waals surface area contributed by atoms with Crippen LogP contribution in [0.25, 0.3) is 112 Å². The van der Waals surface area contributed by atoms with Gasteiger partial charge in [-0.15, -0.1) is 0 Å². The molecular weight excluding hydrogens is 1770 g/mol. The van der Waals surface area contributed by atoms with Gasteiger partial charge in [0.25, 0.3) is 0 Å². The van der Waals surface area contributed by atoms with E-state index < -0.39 is 79.6 Å². The molecule has 0 radical (unpaired) electrons. The molecule has 1 aliphatic heterocycles. The fourth-order valence-electron chi connectivity index (χ4n) is 16.9. The number of fused-ring (bicyclic) bond motifs is 4. The maximum absolute atomic E-state index is 13.8. The second kappa shape index (κ2) is 47.3. The molecular formula is C109H107CaF4N5O17. The van der Waals surface area contributed by atoms with Crippen molar-refractivity contribution in [1.29, 1.82) is 0 Å². The van der Waals surface area contributed by atoms with Crippen molar-refractivity contribution in [3.05, 3.63) is 311 Å². The summed E-state index contributed by atoms with van der Waals surface area (Å²) < 4.78 is 76.4. The fourth-order valence-corrected chi connectivity index (χ4v) is 16.9. The van der Waals surface area contributed by atoms with Crippen molar-refractivity contribution in [1.82, 2.24) is 19.9 Å². The molecule has 0 unspecified atom stereocenters. The number of aliphatic hydroxyl groups excluding tert-OH is 6. The number of ether oxygens (including phenoxy) is 3. The normalized spacial score (nSPS) is 17.0. The number of para-hydroxylation sites is 4. The molecule has 0 amide bonds. The minimum absolute atomic E-state index is 0. The molecule has 5 fully saturated rings. The van der Waals surface area contributed by atoms with Crippen LogP contribution in [-0.4, -0.2) is 174 Å². The van der Waals surface area contributed by atoms with Gasteiger partial charge >= 0.3 is 43.7 Å². The predicted molar refractivity (Wildman–Crippen MR) is 507 cm³/mol. The molecule has 6 heterocycles. The number of pyridine rings is 4. The van der Waals surface area contributed by atoms with Gasteiger partial charge in [0, 0.05) is 153 Å². The number of carbonyl (C=O) groups is 4. The number of rotatable bonds is 31. The molecule has 5 aliphatic rings. The van der Waals surface area contributed by atoms with Gasteiger partial charge in [0.2, 0.25) is 0 Å². The topological polar surface area (TPSA) is 379 Å². The van der Waals surface area contributed by atoms with E-state index in [9.17, 15) is 82.7 Å². The first-order chi connectivity index (χ1) is 65.0. The monoisotopic (exact) mass is 1870 g/mol. The number of aliphatic carboxylic acids is 3. The average Bonchev–Trinajstić information content (AvgIpc) is 1.54. The van der Waals surface area contributed by atoms with E-state index in [0.29, 0.717) is 30.1 Å². The Balaban J connectivity index is 0.000000149. The zero-order valence-electron chi connectivity index (χ0n) is 75.7. The number of hydrogen-bond donors (Lipinski definition) is 7. The van der Waals surface area contributed by atoms with Gasteiger partial charge in [0.05, 0.1) is 113 Å². The summed E-state index contributed by atoms with van der Waals surface area (Å²) in [5.74, 6) is -4.12. The summed E-state index contributed by atoms with van der Waals surface area (Å²) >= 11 is 0. The summed E-state index contributed by atoms with van der Waals surface area (Å²) in [7, 11) is 1.38. The van der Waals surface area contributed by atoms with Crippen molar-refractivity contribution in [3.63, 3.8) is 0 Å². The first-order valence-corrected chi connectivity index (χ1v) is 45.4. The Bertz CT molecular complexity index is 6020. The van der Waals surface area contributed by atoms with Crippen LogP contribution >= 0.6 is 0 Å². The molecule has 8 aromatic carbocycles. The zero-order valence-corrected chi connectivity index (χ0v) is 77.9. The number of nitrogens with zero attached hydrogens (tertiary/aromatic N) is 4. The number of carboxylic acid groups (broad SMARTS) is 3. The van der Waals surface area contributed by atoms with E-state index in [-0.39, 0.29) is 105 Å². The van der Waals surface area contributed by atoms with E-state index in [4.69, 9.17) is 38.6 Å². The Morgan fingerprint density at radius 2 is 0.713 bits per heavy atom. The number of esters is 1. The van der Waals surface area contributed by atoms with E-state index in [0.717, 1.165) is 197 Å². The minimum atomic E-state index is -1.36. The molecule has 27 heteroatoms. The molecule has 0 spiro atoms. The van der Waals surface area contributed by atoms with Crippen LogP contribution in [0.5, 0.6) is 0 Å². The largest absolute Gasteiger partial charge is 2.00 e. The quantitative estimate of drug-likeness (QED) is 0.0121. The van der Waals surface area contributed by atoms with Crippen LogP contribution in [0.15, 0.2) is 241 Å². The first kappa shape index (κ1) is 102. The average molecular weight is 1880 g/mol. The SMILES string of the molecule is COC(=O)C[C@H]1C[C@@H](/C=C/c2c(C3CC3)nc3ccccc3c2-c2ccc(F)cc2)OC(C)(C)O1.O=C([O-])C[C@H](O)C[C@H](O)/C=C/c1c(C2CC2)nc2ccccc2c1-c1ccc(F)cc1.O=C([O-])C[C@H](O)C[C@H](O)/C=C/c1c(C2CC2)nc2ccccc2c1-c1ccc(F)cc1.O=C([O-])C[C@H](O)C[C@H](O)/C=C/c1c(C2CC2)nc2ccccc2c1-c1ccc(F)cc1.[Ca+2].[NH3+]Cc1ccco1. The molecule has 13 aromatic rings. The van der Waals surface area contributed by atoms with Gasteiger partial charge in [-0.05, 0) is 172 Å². The van der Waals surface area contributed by atoms with Gasteiger partial charge in [0.15, 0.2) is 11.5 Å². The number of carboxylic acids is 3. The summed E-state index contributed by atoms with van der Waals surface area (Å²) in [6.45, 7) is 4.45. The summed E-state index contributed by atoms with van der Waals surface area (Å²) in [5, 5.41) is 96.0. The van der Waals surface area contributed by atoms with Gasteiger partial charge in [0.1, 0.15) is 29.8 Å². The molecule has 0 bridgehead atoms. The summed E-state index contributed by atoms with van der Waals surface area (Å²) in [4.78, 5) is 63.5. The van der Waals surface area contributed by atoms with Crippen molar-refractivity contribution >= 4 is 130 Å². The number of aromatic nitrogens is 4. The summed E-state index contributed by atoms with van der Waals surface area (Å²) in [6, 6.07) is 60.7. The Hall–Kier alpha value is -11.9. The minimum Gasteiger partial charge on any atom is -0.550 e. The molecule has 136 heavy (non-hydrogen) atoms. The third-order valence-electron chi connectivity index (χ3n) is 23.7. The Morgan fingerprint density at radius 1 is 0.426 bits per heavy atom. The first-order valence-electron chi connectivity index (χ1n) is 45.4.